The summed E-state index contributed by atoms with van der Waals surface area (Å²) in [4.78, 5) is 31.9. The maximum Gasteiger partial charge on any atom is 0.338 e. The van der Waals surface area contributed by atoms with Crippen LogP contribution in [0.25, 0.3) is 6.08 Å². The molecule has 0 aliphatic carbocycles. The Kier molecular flexibility index (Phi) is 8.03. The van der Waals surface area contributed by atoms with Gasteiger partial charge in [-0.1, -0.05) is 58.7 Å². The summed E-state index contributed by atoms with van der Waals surface area (Å²) in [6, 6.07) is 10.6. The van der Waals surface area contributed by atoms with Crippen molar-refractivity contribution in [2.75, 3.05) is 13.2 Å². The zero-order chi connectivity index (χ0) is 26.0. The van der Waals surface area contributed by atoms with Crippen LogP contribution in [0.3, 0.4) is 0 Å². The molecule has 0 saturated carbocycles. The number of aryl methyl sites for hydroxylation is 1. The van der Waals surface area contributed by atoms with Crippen LogP contribution in [0.4, 0.5) is 0 Å². The highest BCUT2D eigenvalue weighted by Gasteiger charge is 2.33. The van der Waals surface area contributed by atoms with Gasteiger partial charge in [-0.3, -0.25) is 9.36 Å². The first-order valence-corrected chi connectivity index (χ1v) is 13.3. The van der Waals surface area contributed by atoms with E-state index in [0.29, 0.717) is 36.9 Å². The smallest absolute Gasteiger partial charge is 0.338 e. The molecule has 36 heavy (non-hydrogen) atoms. The monoisotopic (exact) mass is 632 g/mol. The molecular weight excluding hydrogens is 611 g/mol. The van der Waals surface area contributed by atoms with Crippen LogP contribution in [-0.4, -0.2) is 23.8 Å². The standard InChI is InChI=1S/C27H22ClIN2O4S/c1-5-11-35-24-18(12-19(28)14-20(24)29)13-21-25(32)31-23(17-9-7-15(3)8-10-17)22(26(33)34-6-2)16(4)30-27(31)36-21/h1,7-10,12-14,23H,6,11H2,2-4H3/b21-13-/t23-/m1/s1. The third kappa shape index (κ3) is 5.14. The first-order chi connectivity index (χ1) is 17.2. The molecule has 9 heteroatoms. The number of hydrogen-bond donors (Lipinski definition) is 0. The number of carbonyl (C=O) groups is 1. The van der Waals surface area contributed by atoms with Gasteiger partial charge in [0.25, 0.3) is 5.56 Å². The van der Waals surface area contributed by atoms with E-state index in [4.69, 9.17) is 27.5 Å². The van der Waals surface area contributed by atoms with Crippen LogP contribution in [-0.2, 0) is 9.53 Å². The lowest BCUT2D eigenvalue weighted by Crippen LogP contribution is -2.39. The molecule has 1 aliphatic rings. The number of ether oxygens (including phenoxy) is 2. The minimum Gasteiger partial charge on any atom is -0.479 e. The molecule has 2 heterocycles. The Labute approximate surface area is 231 Å². The van der Waals surface area contributed by atoms with Crippen molar-refractivity contribution in [1.29, 1.82) is 0 Å². The lowest BCUT2D eigenvalue weighted by Gasteiger charge is -2.24. The summed E-state index contributed by atoms with van der Waals surface area (Å²) < 4.78 is 13.8. The minimum absolute atomic E-state index is 0.0786. The number of terminal acetylenes is 1. The zero-order valence-electron chi connectivity index (χ0n) is 19.8. The number of hydrogen-bond acceptors (Lipinski definition) is 6. The van der Waals surface area contributed by atoms with E-state index >= 15 is 0 Å². The molecule has 0 fully saturated rings. The average molecular weight is 633 g/mol. The molecule has 1 aliphatic heterocycles. The highest BCUT2D eigenvalue weighted by molar-refractivity contribution is 14.1. The highest BCUT2D eigenvalue weighted by Crippen LogP contribution is 2.32. The van der Waals surface area contributed by atoms with Crippen molar-refractivity contribution in [1.82, 2.24) is 4.57 Å². The third-order valence-electron chi connectivity index (χ3n) is 5.53. The fourth-order valence-electron chi connectivity index (χ4n) is 3.95. The van der Waals surface area contributed by atoms with Crippen molar-refractivity contribution in [2.24, 2.45) is 4.99 Å². The van der Waals surface area contributed by atoms with E-state index in [0.717, 1.165) is 14.7 Å². The largest absolute Gasteiger partial charge is 0.479 e. The second-order valence-electron chi connectivity index (χ2n) is 8.01. The Morgan fingerprint density at radius 3 is 2.69 bits per heavy atom. The van der Waals surface area contributed by atoms with Crippen molar-refractivity contribution >= 4 is 57.6 Å². The van der Waals surface area contributed by atoms with Crippen molar-refractivity contribution in [3.05, 3.63) is 92.6 Å². The first kappa shape index (κ1) is 26.2. The summed E-state index contributed by atoms with van der Waals surface area (Å²) in [5.41, 5.74) is 3.06. The van der Waals surface area contributed by atoms with Crippen LogP contribution in [0.5, 0.6) is 5.75 Å². The van der Waals surface area contributed by atoms with Gasteiger partial charge in [0.2, 0.25) is 0 Å². The van der Waals surface area contributed by atoms with Gasteiger partial charge in [0.1, 0.15) is 12.4 Å². The second kappa shape index (κ2) is 11.0. The minimum atomic E-state index is -0.667. The van der Waals surface area contributed by atoms with Gasteiger partial charge >= 0.3 is 5.97 Å². The molecule has 1 aromatic heterocycles. The van der Waals surface area contributed by atoms with E-state index in [2.05, 4.69) is 33.5 Å². The topological polar surface area (TPSA) is 69.9 Å². The Hall–Kier alpha value is -2.87. The Morgan fingerprint density at radius 2 is 2.03 bits per heavy atom. The van der Waals surface area contributed by atoms with Gasteiger partial charge in [-0.2, -0.15) is 0 Å². The molecule has 184 valence electrons. The number of nitrogens with zero attached hydrogens (tertiary/aromatic N) is 2. The van der Waals surface area contributed by atoms with Gasteiger partial charge in [-0.25, -0.2) is 9.79 Å². The summed E-state index contributed by atoms with van der Waals surface area (Å²) in [5.74, 6) is 2.51. The number of halogens is 2. The molecule has 0 unspecified atom stereocenters. The molecule has 1 atom stereocenters. The quantitative estimate of drug-likeness (QED) is 0.230. The Balaban J connectivity index is 1.96. The molecule has 0 radical (unpaired) electrons. The molecular formula is C27H22ClIN2O4S. The summed E-state index contributed by atoms with van der Waals surface area (Å²) in [5, 5.41) is 0.504. The maximum atomic E-state index is 13.8. The first-order valence-electron chi connectivity index (χ1n) is 11.1. The number of allylic oxidation sites excluding steroid dienone is 1. The average Bonchev–Trinajstić information content (AvgIpc) is 3.12. The van der Waals surface area contributed by atoms with Crippen LogP contribution in [0.15, 0.2) is 57.5 Å². The van der Waals surface area contributed by atoms with Gasteiger partial charge < -0.3 is 9.47 Å². The number of esters is 1. The summed E-state index contributed by atoms with van der Waals surface area (Å²) in [6.45, 7) is 5.78. The van der Waals surface area contributed by atoms with E-state index in [1.807, 2.05) is 31.2 Å². The van der Waals surface area contributed by atoms with E-state index in [1.54, 1.807) is 36.6 Å². The number of carbonyl (C=O) groups excluding carboxylic acids is 1. The zero-order valence-corrected chi connectivity index (χ0v) is 23.5. The molecule has 2 aromatic carbocycles. The molecule has 0 amide bonds. The number of fused-ring (bicyclic) bond motifs is 1. The molecule has 6 nitrogen and oxygen atoms in total. The molecule has 0 spiro atoms. The SMILES string of the molecule is C#CCOc1c(I)cc(Cl)cc1/C=c1\sc2n(c1=O)[C@H](c1ccc(C)cc1)C(C(=O)OCC)=C(C)N=2. The van der Waals surface area contributed by atoms with E-state index < -0.39 is 12.0 Å². The highest BCUT2D eigenvalue weighted by atomic mass is 127. The van der Waals surface area contributed by atoms with E-state index in [9.17, 15) is 9.59 Å². The van der Waals surface area contributed by atoms with Crippen LogP contribution in [0.1, 0.15) is 36.6 Å². The van der Waals surface area contributed by atoms with Crippen molar-refractivity contribution < 1.29 is 14.3 Å². The van der Waals surface area contributed by atoms with Gasteiger partial charge in [-0.05, 0) is 67.1 Å². The predicted octanol–water partition coefficient (Wildman–Crippen LogP) is 4.38. The van der Waals surface area contributed by atoms with Crippen LogP contribution in [0.2, 0.25) is 5.02 Å². The van der Waals surface area contributed by atoms with Crippen LogP contribution < -0.4 is 19.6 Å². The third-order valence-corrected chi connectivity index (χ3v) is 7.54. The van der Waals surface area contributed by atoms with Crippen molar-refractivity contribution in [3.8, 4) is 18.1 Å². The van der Waals surface area contributed by atoms with Crippen LogP contribution in [0, 0.1) is 22.8 Å². The van der Waals surface area contributed by atoms with Gasteiger partial charge in [0, 0.05) is 10.6 Å². The molecule has 0 N–H and O–H groups in total. The van der Waals surface area contributed by atoms with Crippen molar-refractivity contribution in [2.45, 2.75) is 26.8 Å². The summed E-state index contributed by atoms with van der Waals surface area (Å²) >= 11 is 9.66. The number of thiazole rings is 1. The van der Waals surface area contributed by atoms with Crippen molar-refractivity contribution in [3.63, 3.8) is 0 Å². The normalized spacial score (nSPS) is 15.2. The van der Waals surface area contributed by atoms with E-state index in [1.165, 1.54) is 11.3 Å². The lowest BCUT2D eigenvalue weighted by molar-refractivity contribution is -0.139. The lowest BCUT2D eigenvalue weighted by atomic mass is 9.95. The predicted molar refractivity (Wildman–Crippen MR) is 150 cm³/mol. The molecule has 0 saturated heterocycles. The van der Waals surface area contributed by atoms with Gasteiger partial charge in [-0.15, -0.1) is 6.42 Å². The fourth-order valence-corrected chi connectivity index (χ4v) is 6.20. The maximum absolute atomic E-state index is 13.8. The van der Waals surface area contributed by atoms with Gasteiger partial charge in [0.05, 0.1) is 32.0 Å². The second-order valence-corrected chi connectivity index (χ2v) is 10.6. The number of aromatic nitrogens is 1. The Morgan fingerprint density at radius 1 is 1.31 bits per heavy atom. The Bertz CT molecular complexity index is 1600. The van der Waals surface area contributed by atoms with Gasteiger partial charge in [0.15, 0.2) is 4.80 Å². The summed E-state index contributed by atoms with van der Waals surface area (Å²) in [7, 11) is 0. The van der Waals surface area contributed by atoms with Crippen LogP contribution >= 0.6 is 45.5 Å². The molecule has 3 aromatic rings. The number of rotatable bonds is 6. The molecule has 0 bridgehead atoms. The fraction of sp³-hybridized carbons (Fsp3) is 0.222. The molecule has 4 rings (SSSR count). The number of benzene rings is 2. The van der Waals surface area contributed by atoms with E-state index in [-0.39, 0.29) is 18.8 Å². The summed E-state index contributed by atoms with van der Waals surface area (Å²) in [6.07, 6.45) is 7.10.